The number of nitrogens with one attached hydrogen (secondary N) is 2. The highest BCUT2D eigenvalue weighted by atomic mass is 32.2. The number of rotatable bonds is 7. The van der Waals surface area contributed by atoms with Gasteiger partial charge in [0.15, 0.2) is 0 Å². The van der Waals surface area contributed by atoms with E-state index in [4.69, 9.17) is 0 Å². The number of hydrogen-bond acceptors (Lipinski definition) is 4. The first-order chi connectivity index (χ1) is 10.0. The van der Waals surface area contributed by atoms with E-state index >= 15 is 0 Å². The Morgan fingerprint density at radius 1 is 1.29 bits per heavy atom. The molecule has 2 fully saturated rings. The Kier molecular flexibility index (Phi) is 6.80. The molecular formula is C14H29N3O2S2. The van der Waals surface area contributed by atoms with Crippen LogP contribution in [0.15, 0.2) is 0 Å². The van der Waals surface area contributed by atoms with Crippen LogP contribution < -0.4 is 10.0 Å². The van der Waals surface area contributed by atoms with Gasteiger partial charge < -0.3 is 5.32 Å². The first kappa shape index (κ1) is 17.5. The predicted octanol–water partition coefficient (Wildman–Crippen LogP) is 1.43. The third-order valence-electron chi connectivity index (χ3n) is 4.54. The lowest BCUT2D eigenvalue weighted by Gasteiger charge is -2.32. The summed E-state index contributed by atoms with van der Waals surface area (Å²) in [5.41, 5.74) is 0. The molecule has 1 saturated carbocycles. The fourth-order valence-electron chi connectivity index (χ4n) is 3.31. The highest BCUT2D eigenvalue weighted by Crippen LogP contribution is 2.29. The zero-order valence-electron chi connectivity index (χ0n) is 13.2. The summed E-state index contributed by atoms with van der Waals surface area (Å²) in [5.74, 6) is 0.442. The fourth-order valence-corrected chi connectivity index (χ4v) is 5.66. The van der Waals surface area contributed by atoms with Crippen LogP contribution >= 0.6 is 11.8 Å². The topological polar surface area (TPSA) is 61.4 Å². The molecule has 1 heterocycles. The summed E-state index contributed by atoms with van der Waals surface area (Å²) in [7, 11) is -3.31. The third kappa shape index (κ3) is 5.10. The lowest BCUT2D eigenvalue weighted by atomic mass is 10.00. The van der Waals surface area contributed by atoms with Gasteiger partial charge in [-0.25, -0.2) is 0 Å². The van der Waals surface area contributed by atoms with E-state index in [-0.39, 0.29) is 6.04 Å². The van der Waals surface area contributed by atoms with E-state index in [1.807, 2.05) is 11.8 Å². The molecule has 0 bridgehead atoms. The van der Waals surface area contributed by atoms with Crippen LogP contribution in [-0.4, -0.2) is 56.4 Å². The molecule has 2 aliphatic rings. The molecule has 1 saturated heterocycles. The van der Waals surface area contributed by atoms with Gasteiger partial charge in [-0.3, -0.25) is 0 Å². The molecule has 0 aromatic heterocycles. The first-order valence-corrected chi connectivity index (χ1v) is 10.8. The van der Waals surface area contributed by atoms with Crippen LogP contribution in [0.25, 0.3) is 0 Å². The van der Waals surface area contributed by atoms with E-state index in [2.05, 4.69) is 23.2 Å². The van der Waals surface area contributed by atoms with Gasteiger partial charge in [0.1, 0.15) is 0 Å². The monoisotopic (exact) mass is 335 g/mol. The van der Waals surface area contributed by atoms with Gasteiger partial charge in [-0.2, -0.15) is 29.2 Å². The van der Waals surface area contributed by atoms with Crippen molar-refractivity contribution in [1.29, 1.82) is 0 Å². The summed E-state index contributed by atoms with van der Waals surface area (Å²) in [6, 6.07) is 0.126. The molecule has 0 amide bonds. The molecule has 3 unspecified atom stereocenters. The average molecular weight is 336 g/mol. The second kappa shape index (κ2) is 8.15. The Morgan fingerprint density at radius 2 is 2.10 bits per heavy atom. The molecule has 5 nitrogen and oxygen atoms in total. The van der Waals surface area contributed by atoms with Crippen LogP contribution in [-0.2, 0) is 10.2 Å². The van der Waals surface area contributed by atoms with Crippen molar-refractivity contribution in [2.75, 3.05) is 32.4 Å². The molecule has 1 aliphatic heterocycles. The zero-order chi connectivity index (χ0) is 15.3. The quantitative estimate of drug-likeness (QED) is 0.739. The van der Waals surface area contributed by atoms with E-state index < -0.39 is 10.2 Å². The van der Waals surface area contributed by atoms with Gasteiger partial charge >= 0.3 is 0 Å². The number of nitrogens with zero attached hydrogens (tertiary/aromatic N) is 1. The molecule has 124 valence electrons. The van der Waals surface area contributed by atoms with Gasteiger partial charge in [0.05, 0.1) is 0 Å². The minimum absolute atomic E-state index is 0.126. The Balaban J connectivity index is 1.86. The zero-order valence-corrected chi connectivity index (χ0v) is 14.8. The minimum atomic E-state index is -3.31. The van der Waals surface area contributed by atoms with Crippen molar-refractivity contribution in [3.05, 3.63) is 0 Å². The average Bonchev–Trinajstić information content (AvgIpc) is 2.92. The normalized spacial score (nSPS) is 31.6. The Morgan fingerprint density at radius 3 is 2.76 bits per heavy atom. The summed E-state index contributed by atoms with van der Waals surface area (Å²) < 4.78 is 29.7. The van der Waals surface area contributed by atoms with Crippen molar-refractivity contribution < 1.29 is 8.42 Å². The molecule has 0 aromatic rings. The molecule has 0 spiro atoms. The lowest BCUT2D eigenvalue weighted by Crippen LogP contribution is -2.49. The molecule has 21 heavy (non-hydrogen) atoms. The third-order valence-corrected chi connectivity index (χ3v) is 7.28. The highest BCUT2D eigenvalue weighted by molar-refractivity contribution is 7.99. The van der Waals surface area contributed by atoms with Crippen LogP contribution in [0.1, 0.15) is 39.0 Å². The molecular weight excluding hydrogens is 306 g/mol. The number of piperidine rings is 1. The van der Waals surface area contributed by atoms with E-state index in [0.717, 1.165) is 45.2 Å². The molecule has 2 N–H and O–H groups in total. The van der Waals surface area contributed by atoms with E-state index in [1.54, 1.807) is 4.31 Å². The van der Waals surface area contributed by atoms with Crippen molar-refractivity contribution >= 4 is 22.0 Å². The largest absolute Gasteiger partial charge is 0.317 e. The summed E-state index contributed by atoms with van der Waals surface area (Å²) in [6.07, 6.45) is 7.26. The summed E-state index contributed by atoms with van der Waals surface area (Å²) in [6.45, 7) is 5.26. The second-order valence-electron chi connectivity index (χ2n) is 6.16. The van der Waals surface area contributed by atoms with Gasteiger partial charge in [-0.1, -0.05) is 6.92 Å². The highest BCUT2D eigenvalue weighted by Gasteiger charge is 2.33. The van der Waals surface area contributed by atoms with Crippen molar-refractivity contribution in [1.82, 2.24) is 14.3 Å². The van der Waals surface area contributed by atoms with Gasteiger partial charge in [-0.05, 0) is 57.4 Å². The summed E-state index contributed by atoms with van der Waals surface area (Å²) >= 11 is 1.85. The van der Waals surface area contributed by atoms with E-state index in [0.29, 0.717) is 24.3 Å². The van der Waals surface area contributed by atoms with Crippen molar-refractivity contribution in [2.24, 2.45) is 5.92 Å². The van der Waals surface area contributed by atoms with Gasteiger partial charge in [-0.15, -0.1) is 0 Å². The van der Waals surface area contributed by atoms with Crippen LogP contribution in [0.5, 0.6) is 0 Å². The number of thioether (sulfide) groups is 1. The maximum Gasteiger partial charge on any atom is 0.279 e. The number of hydrogen-bond donors (Lipinski definition) is 2. The van der Waals surface area contributed by atoms with Crippen molar-refractivity contribution in [3.63, 3.8) is 0 Å². The first-order valence-electron chi connectivity index (χ1n) is 8.06. The molecule has 0 radical (unpaired) electrons. The maximum atomic E-state index is 12.5. The summed E-state index contributed by atoms with van der Waals surface area (Å²) in [4.78, 5) is 0. The fraction of sp³-hybridized carbons (Fsp3) is 1.00. The second-order valence-corrected chi connectivity index (χ2v) is 9.00. The van der Waals surface area contributed by atoms with E-state index in [1.165, 1.54) is 0 Å². The van der Waals surface area contributed by atoms with Gasteiger partial charge in [0.25, 0.3) is 10.2 Å². The molecule has 7 heteroatoms. The van der Waals surface area contributed by atoms with Gasteiger partial charge in [0, 0.05) is 24.4 Å². The maximum absolute atomic E-state index is 12.5. The van der Waals surface area contributed by atoms with Crippen LogP contribution in [0, 0.1) is 5.92 Å². The SMILES string of the molecule is CCNCC1CCCN(S(=O)(=O)NC2CCC(SC)C2)C1. The standard InChI is InChI=1S/C14H29N3O2S2/c1-3-15-10-12-5-4-8-17(11-12)21(18,19)16-13-6-7-14(9-13)20-2/h12-16H,3-11H2,1-2H3. The van der Waals surface area contributed by atoms with Crippen LogP contribution in [0.4, 0.5) is 0 Å². The molecule has 2 rings (SSSR count). The smallest absolute Gasteiger partial charge is 0.279 e. The van der Waals surface area contributed by atoms with Crippen molar-refractivity contribution in [2.45, 2.75) is 50.3 Å². The Labute approximate surface area is 133 Å². The molecule has 1 aliphatic carbocycles. The molecule has 0 aromatic carbocycles. The lowest BCUT2D eigenvalue weighted by molar-refractivity contribution is 0.257. The van der Waals surface area contributed by atoms with Gasteiger partial charge in [0.2, 0.25) is 0 Å². The van der Waals surface area contributed by atoms with Crippen LogP contribution in [0.3, 0.4) is 0 Å². The van der Waals surface area contributed by atoms with E-state index in [9.17, 15) is 8.42 Å². The predicted molar refractivity (Wildman–Crippen MR) is 89.8 cm³/mol. The Bertz CT molecular complexity index is 416. The summed E-state index contributed by atoms with van der Waals surface area (Å²) in [5, 5.41) is 3.94. The minimum Gasteiger partial charge on any atom is -0.317 e. The molecule has 3 atom stereocenters. The van der Waals surface area contributed by atoms with Crippen molar-refractivity contribution in [3.8, 4) is 0 Å². The van der Waals surface area contributed by atoms with Crippen LogP contribution in [0.2, 0.25) is 0 Å². The Hall–Kier alpha value is 0.180.